The van der Waals surface area contributed by atoms with Gasteiger partial charge < -0.3 is 0 Å². The highest BCUT2D eigenvalue weighted by molar-refractivity contribution is 6.09. The summed E-state index contributed by atoms with van der Waals surface area (Å²) in [6.45, 7) is 2.02. The number of hydrogen-bond donors (Lipinski definition) is 0. The Kier molecular flexibility index (Phi) is 6.69. The average Bonchev–Trinajstić information content (AvgIpc) is 3.50. The van der Waals surface area contributed by atoms with Crippen molar-refractivity contribution < 1.29 is 0 Å². The zero-order valence-corrected chi connectivity index (χ0v) is 24.8. The fourth-order valence-corrected chi connectivity index (χ4v) is 6.03. The van der Waals surface area contributed by atoms with Gasteiger partial charge in [-0.05, 0) is 55.3 Å². The number of hydrogen-bond acceptors (Lipinski definition) is 4. The van der Waals surface area contributed by atoms with Gasteiger partial charge in [0.2, 0.25) is 0 Å². The molecule has 5 heteroatoms. The van der Waals surface area contributed by atoms with Crippen molar-refractivity contribution in [3.05, 3.63) is 151 Å². The third-order valence-electron chi connectivity index (χ3n) is 8.14. The fourth-order valence-electron chi connectivity index (χ4n) is 6.03. The number of benzene rings is 4. The maximum atomic E-state index is 5.20. The summed E-state index contributed by atoms with van der Waals surface area (Å²) in [5.41, 5.74) is 10.7. The molecule has 0 saturated heterocycles. The molecule has 0 radical (unpaired) electrons. The lowest BCUT2D eigenvalue weighted by Gasteiger charge is -2.12. The van der Waals surface area contributed by atoms with E-state index in [-0.39, 0.29) is 0 Å². The maximum absolute atomic E-state index is 5.20. The smallest absolute Gasteiger partial charge is 0.160 e. The summed E-state index contributed by atoms with van der Waals surface area (Å²) in [6.07, 6.45) is 11.2. The summed E-state index contributed by atoms with van der Waals surface area (Å²) in [4.78, 5) is 20.4. The standard InChI is InChI=1S/C40H29N5/c1-2-3-4-5-14-27-15-12-18-30(25-27)40-42-34-22-9-6-19-31(34)36(44-40)28-16-13-17-29(26-28)37-39-38(32-20-7-8-21-33(32)41-37)43-35-23-10-11-24-45(35)39/h2-13,15-26H,14H2,1H3/b3-2+,5-4-. The number of allylic oxidation sites excluding steroid dienone is 4. The molecule has 214 valence electrons. The Labute approximate surface area is 260 Å². The minimum atomic E-state index is 0.710. The van der Waals surface area contributed by atoms with Crippen LogP contribution < -0.4 is 0 Å². The first kappa shape index (κ1) is 26.7. The van der Waals surface area contributed by atoms with Gasteiger partial charge in [0.15, 0.2) is 5.82 Å². The third-order valence-corrected chi connectivity index (χ3v) is 8.14. The Morgan fingerprint density at radius 1 is 0.600 bits per heavy atom. The molecule has 0 fully saturated rings. The van der Waals surface area contributed by atoms with Crippen molar-refractivity contribution in [2.24, 2.45) is 0 Å². The van der Waals surface area contributed by atoms with Gasteiger partial charge in [0.05, 0.1) is 27.9 Å². The molecule has 0 atom stereocenters. The number of rotatable bonds is 6. The molecule has 45 heavy (non-hydrogen) atoms. The van der Waals surface area contributed by atoms with E-state index >= 15 is 0 Å². The molecule has 0 amide bonds. The molecular weight excluding hydrogens is 550 g/mol. The quantitative estimate of drug-likeness (QED) is 0.184. The number of aromatic nitrogens is 5. The third kappa shape index (κ3) is 4.85. The van der Waals surface area contributed by atoms with Gasteiger partial charge in [-0.25, -0.2) is 19.9 Å². The van der Waals surface area contributed by atoms with Crippen molar-refractivity contribution >= 4 is 38.5 Å². The van der Waals surface area contributed by atoms with Crippen LogP contribution in [0.2, 0.25) is 0 Å². The summed E-state index contributed by atoms with van der Waals surface area (Å²) < 4.78 is 2.13. The molecule has 0 spiro atoms. The van der Waals surface area contributed by atoms with Crippen LogP contribution in [-0.4, -0.2) is 24.3 Å². The molecule has 0 bridgehead atoms. The van der Waals surface area contributed by atoms with Gasteiger partial charge >= 0.3 is 0 Å². The second kappa shape index (κ2) is 11.3. The first-order valence-corrected chi connectivity index (χ1v) is 15.2. The van der Waals surface area contributed by atoms with Gasteiger partial charge in [-0.2, -0.15) is 0 Å². The number of fused-ring (bicyclic) bond motifs is 6. The number of nitrogens with zero attached hydrogens (tertiary/aromatic N) is 5. The van der Waals surface area contributed by atoms with E-state index in [9.17, 15) is 0 Å². The normalized spacial score (nSPS) is 12.0. The highest BCUT2D eigenvalue weighted by Gasteiger charge is 2.18. The van der Waals surface area contributed by atoms with Crippen LogP contribution >= 0.6 is 0 Å². The molecule has 0 aliphatic carbocycles. The Hall–Kier alpha value is -5.94. The predicted octanol–water partition coefficient (Wildman–Crippen LogP) is 9.65. The van der Waals surface area contributed by atoms with E-state index in [1.54, 1.807) is 0 Å². The van der Waals surface area contributed by atoms with Crippen LogP contribution in [0.5, 0.6) is 0 Å². The van der Waals surface area contributed by atoms with Crippen LogP contribution in [0.25, 0.3) is 72.4 Å². The lowest BCUT2D eigenvalue weighted by atomic mass is 10.0. The molecular formula is C40H29N5. The SMILES string of the molecule is C/C=C/C=C\Cc1cccc(-c2nc(-c3cccc(-c4nc5ccccc5c5nc6ccccn6c45)c3)c3ccccc3n2)c1. The first-order chi connectivity index (χ1) is 22.3. The average molecular weight is 580 g/mol. The maximum Gasteiger partial charge on any atom is 0.160 e. The zero-order valence-electron chi connectivity index (χ0n) is 24.8. The van der Waals surface area contributed by atoms with Crippen molar-refractivity contribution in [3.8, 4) is 33.9 Å². The van der Waals surface area contributed by atoms with Crippen LogP contribution in [0.1, 0.15) is 12.5 Å². The summed E-state index contributed by atoms with van der Waals surface area (Å²) in [7, 11) is 0. The molecule has 8 aromatic rings. The van der Waals surface area contributed by atoms with E-state index in [0.29, 0.717) is 5.82 Å². The van der Waals surface area contributed by atoms with Crippen molar-refractivity contribution in [3.63, 3.8) is 0 Å². The van der Waals surface area contributed by atoms with Gasteiger partial charge in [-0.15, -0.1) is 0 Å². The number of imidazole rings is 1. The Morgan fingerprint density at radius 3 is 2.20 bits per heavy atom. The molecule has 5 nitrogen and oxygen atoms in total. The molecule has 4 aromatic carbocycles. The van der Waals surface area contributed by atoms with Crippen molar-refractivity contribution in [1.29, 1.82) is 0 Å². The summed E-state index contributed by atoms with van der Waals surface area (Å²) in [6, 6.07) is 39.6. The monoisotopic (exact) mass is 579 g/mol. The van der Waals surface area contributed by atoms with Crippen LogP contribution in [-0.2, 0) is 6.42 Å². The van der Waals surface area contributed by atoms with Crippen LogP contribution in [0.15, 0.2) is 146 Å². The zero-order chi connectivity index (χ0) is 30.2. The summed E-state index contributed by atoms with van der Waals surface area (Å²) in [5, 5.41) is 2.05. The van der Waals surface area contributed by atoms with E-state index in [0.717, 1.165) is 73.0 Å². The Morgan fingerprint density at radius 2 is 1.33 bits per heavy atom. The van der Waals surface area contributed by atoms with E-state index in [4.69, 9.17) is 19.9 Å². The van der Waals surface area contributed by atoms with E-state index < -0.39 is 0 Å². The van der Waals surface area contributed by atoms with Gasteiger partial charge in [0.25, 0.3) is 0 Å². The highest BCUT2D eigenvalue weighted by Crippen LogP contribution is 2.36. The van der Waals surface area contributed by atoms with Gasteiger partial charge in [0, 0.05) is 33.7 Å². The molecule has 0 saturated carbocycles. The second-order valence-corrected chi connectivity index (χ2v) is 11.1. The minimum absolute atomic E-state index is 0.710. The van der Waals surface area contributed by atoms with Crippen molar-refractivity contribution in [2.45, 2.75) is 13.3 Å². The fraction of sp³-hybridized carbons (Fsp3) is 0.0500. The minimum Gasteiger partial charge on any atom is -0.298 e. The first-order valence-electron chi connectivity index (χ1n) is 15.2. The van der Waals surface area contributed by atoms with Crippen molar-refractivity contribution in [1.82, 2.24) is 24.3 Å². The van der Waals surface area contributed by atoms with Crippen LogP contribution in [0, 0.1) is 0 Å². The van der Waals surface area contributed by atoms with Gasteiger partial charge in [0.1, 0.15) is 11.2 Å². The lowest BCUT2D eigenvalue weighted by Crippen LogP contribution is -1.96. The largest absolute Gasteiger partial charge is 0.298 e. The van der Waals surface area contributed by atoms with Crippen molar-refractivity contribution in [2.75, 3.05) is 0 Å². The highest BCUT2D eigenvalue weighted by atomic mass is 15.0. The molecule has 4 aromatic heterocycles. The molecule has 4 heterocycles. The molecule has 8 rings (SSSR count). The summed E-state index contributed by atoms with van der Waals surface area (Å²) >= 11 is 0. The van der Waals surface area contributed by atoms with E-state index in [2.05, 4.69) is 95.5 Å². The van der Waals surface area contributed by atoms with Crippen LogP contribution in [0.3, 0.4) is 0 Å². The predicted molar refractivity (Wildman–Crippen MR) is 185 cm³/mol. The Bertz CT molecular complexity index is 2430. The molecule has 0 N–H and O–H groups in total. The molecule has 0 aliphatic heterocycles. The topological polar surface area (TPSA) is 56.0 Å². The number of para-hydroxylation sites is 2. The molecule has 0 aliphatic rings. The number of pyridine rings is 2. The molecule has 0 unspecified atom stereocenters. The Balaban J connectivity index is 1.30. The second-order valence-electron chi connectivity index (χ2n) is 11.1. The van der Waals surface area contributed by atoms with Gasteiger partial charge in [-0.1, -0.05) is 103 Å². The lowest BCUT2D eigenvalue weighted by molar-refractivity contribution is 1.21. The van der Waals surface area contributed by atoms with E-state index in [1.165, 1.54) is 5.56 Å². The van der Waals surface area contributed by atoms with E-state index in [1.807, 2.05) is 61.5 Å². The van der Waals surface area contributed by atoms with Gasteiger partial charge in [-0.3, -0.25) is 4.40 Å². The van der Waals surface area contributed by atoms with Crippen LogP contribution in [0.4, 0.5) is 0 Å². The summed E-state index contributed by atoms with van der Waals surface area (Å²) in [5.74, 6) is 0.710.